The number of rotatable bonds is 4. The van der Waals surface area contributed by atoms with E-state index >= 15 is 0 Å². The molecule has 0 fully saturated rings. The maximum atomic E-state index is 13.1. The summed E-state index contributed by atoms with van der Waals surface area (Å²) in [6, 6.07) is 15.6. The quantitative estimate of drug-likeness (QED) is 0.880. The van der Waals surface area contributed by atoms with Crippen LogP contribution in [-0.2, 0) is 6.54 Å². The fraction of sp³-hybridized carbons (Fsp3) is 0.200. The molecule has 94 valence electrons. The third kappa shape index (κ3) is 3.40. The van der Waals surface area contributed by atoms with E-state index in [1.165, 1.54) is 11.6 Å². The van der Waals surface area contributed by atoms with Gasteiger partial charge in [-0.25, -0.2) is 4.39 Å². The van der Waals surface area contributed by atoms with Crippen molar-refractivity contribution >= 4 is 15.9 Å². The molecule has 0 aliphatic rings. The second-order valence-corrected chi connectivity index (χ2v) is 5.12. The van der Waals surface area contributed by atoms with Gasteiger partial charge >= 0.3 is 0 Å². The Kier molecular flexibility index (Phi) is 4.50. The number of halogens is 2. The zero-order chi connectivity index (χ0) is 13.0. The van der Waals surface area contributed by atoms with Crippen LogP contribution in [0.3, 0.4) is 0 Å². The molecule has 0 aliphatic heterocycles. The van der Waals surface area contributed by atoms with Crippen LogP contribution in [0.5, 0.6) is 0 Å². The van der Waals surface area contributed by atoms with Gasteiger partial charge in [-0.3, -0.25) is 0 Å². The first kappa shape index (κ1) is 13.2. The first-order chi connectivity index (χ1) is 8.66. The zero-order valence-corrected chi connectivity index (χ0v) is 11.7. The molecular weight excluding hydrogens is 293 g/mol. The van der Waals surface area contributed by atoms with Gasteiger partial charge in [-0.05, 0) is 46.1 Å². The Morgan fingerprint density at radius 2 is 1.89 bits per heavy atom. The Bertz CT molecular complexity index is 513. The lowest BCUT2D eigenvalue weighted by molar-refractivity contribution is 0.572. The lowest BCUT2D eigenvalue weighted by Crippen LogP contribution is -2.18. The van der Waals surface area contributed by atoms with Crippen LogP contribution < -0.4 is 5.32 Å². The van der Waals surface area contributed by atoms with Crippen LogP contribution in [0.4, 0.5) is 4.39 Å². The molecule has 0 bridgehead atoms. The second-order valence-electron chi connectivity index (χ2n) is 4.26. The fourth-order valence-electron chi connectivity index (χ4n) is 1.78. The van der Waals surface area contributed by atoms with Gasteiger partial charge in [-0.1, -0.05) is 36.4 Å². The Balaban J connectivity index is 1.97. The number of benzene rings is 2. The van der Waals surface area contributed by atoms with Crippen LogP contribution in [-0.4, -0.2) is 0 Å². The summed E-state index contributed by atoms with van der Waals surface area (Å²) in [5.74, 6) is -0.227. The SMILES string of the molecule is C[C@@H](NCc1ccc(F)c(Br)c1)c1ccccc1. The number of hydrogen-bond acceptors (Lipinski definition) is 1. The summed E-state index contributed by atoms with van der Waals surface area (Å²) < 4.78 is 13.6. The standard InChI is InChI=1S/C15H15BrFN/c1-11(13-5-3-2-4-6-13)18-10-12-7-8-15(17)14(16)9-12/h2-9,11,18H,10H2,1H3/t11-/m1/s1. The fourth-order valence-corrected chi connectivity index (χ4v) is 2.21. The first-order valence-corrected chi connectivity index (χ1v) is 6.68. The minimum atomic E-state index is -0.227. The molecule has 0 aromatic heterocycles. The van der Waals surface area contributed by atoms with Crippen molar-refractivity contribution in [1.82, 2.24) is 5.32 Å². The van der Waals surface area contributed by atoms with Gasteiger partial charge in [0.1, 0.15) is 5.82 Å². The molecule has 0 spiro atoms. The molecule has 18 heavy (non-hydrogen) atoms. The monoisotopic (exact) mass is 307 g/mol. The van der Waals surface area contributed by atoms with Crippen LogP contribution in [0, 0.1) is 5.82 Å². The van der Waals surface area contributed by atoms with E-state index in [-0.39, 0.29) is 11.9 Å². The summed E-state index contributed by atoms with van der Waals surface area (Å²) in [4.78, 5) is 0. The summed E-state index contributed by atoms with van der Waals surface area (Å²) >= 11 is 3.20. The van der Waals surface area contributed by atoms with E-state index in [0.717, 1.165) is 12.1 Å². The molecule has 0 aliphatic carbocycles. The summed E-state index contributed by atoms with van der Waals surface area (Å²) in [5, 5.41) is 3.42. The van der Waals surface area contributed by atoms with E-state index in [0.29, 0.717) is 4.47 Å². The molecule has 1 N–H and O–H groups in total. The molecule has 0 saturated heterocycles. The highest BCUT2D eigenvalue weighted by Crippen LogP contribution is 2.18. The highest BCUT2D eigenvalue weighted by Gasteiger charge is 2.05. The minimum Gasteiger partial charge on any atom is -0.306 e. The summed E-state index contributed by atoms with van der Waals surface area (Å²) in [6.07, 6.45) is 0. The molecular formula is C15H15BrFN. The van der Waals surface area contributed by atoms with Gasteiger partial charge in [0.05, 0.1) is 4.47 Å². The molecule has 1 atom stereocenters. The molecule has 0 saturated carbocycles. The molecule has 0 unspecified atom stereocenters. The Labute approximate surface area is 115 Å². The maximum absolute atomic E-state index is 13.1. The van der Waals surface area contributed by atoms with Crippen molar-refractivity contribution in [3.05, 3.63) is 69.9 Å². The van der Waals surface area contributed by atoms with Gasteiger partial charge in [-0.2, -0.15) is 0 Å². The van der Waals surface area contributed by atoms with Crippen molar-refractivity contribution in [1.29, 1.82) is 0 Å². The van der Waals surface area contributed by atoms with Gasteiger partial charge in [0, 0.05) is 12.6 Å². The predicted octanol–water partition coefficient (Wildman–Crippen LogP) is 4.44. The Morgan fingerprint density at radius 1 is 1.17 bits per heavy atom. The van der Waals surface area contributed by atoms with E-state index in [2.05, 4.69) is 40.3 Å². The molecule has 0 radical (unpaired) electrons. The van der Waals surface area contributed by atoms with E-state index in [1.807, 2.05) is 18.2 Å². The lowest BCUT2D eigenvalue weighted by Gasteiger charge is -2.14. The van der Waals surface area contributed by atoms with E-state index in [4.69, 9.17) is 0 Å². The highest BCUT2D eigenvalue weighted by atomic mass is 79.9. The molecule has 3 heteroatoms. The third-order valence-electron chi connectivity index (χ3n) is 2.90. The Morgan fingerprint density at radius 3 is 2.56 bits per heavy atom. The van der Waals surface area contributed by atoms with Crippen molar-refractivity contribution in [2.45, 2.75) is 19.5 Å². The molecule has 1 nitrogen and oxygen atoms in total. The second kappa shape index (κ2) is 6.12. The summed E-state index contributed by atoms with van der Waals surface area (Å²) in [5.41, 5.74) is 2.31. The third-order valence-corrected chi connectivity index (χ3v) is 3.50. The van der Waals surface area contributed by atoms with Gasteiger partial charge in [0.2, 0.25) is 0 Å². The van der Waals surface area contributed by atoms with Crippen LogP contribution in [0.15, 0.2) is 53.0 Å². The topological polar surface area (TPSA) is 12.0 Å². The molecule has 0 heterocycles. The van der Waals surface area contributed by atoms with Gasteiger partial charge in [0.15, 0.2) is 0 Å². The van der Waals surface area contributed by atoms with Crippen molar-refractivity contribution in [2.24, 2.45) is 0 Å². The lowest BCUT2D eigenvalue weighted by atomic mass is 10.1. The molecule has 2 aromatic rings. The van der Waals surface area contributed by atoms with Crippen molar-refractivity contribution < 1.29 is 4.39 Å². The maximum Gasteiger partial charge on any atom is 0.137 e. The minimum absolute atomic E-state index is 0.227. The largest absolute Gasteiger partial charge is 0.306 e. The predicted molar refractivity (Wildman–Crippen MR) is 75.8 cm³/mol. The zero-order valence-electron chi connectivity index (χ0n) is 10.2. The summed E-state index contributed by atoms with van der Waals surface area (Å²) in [6.45, 7) is 2.84. The van der Waals surface area contributed by atoms with Crippen molar-refractivity contribution in [3.63, 3.8) is 0 Å². The van der Waals surface area contributed by atoms with Crippen molar-refractivity contribution in [3.8, 4) is 0 Å². The van der Waals surface area contributed by atoms with E-state index in [1.54, 1.807) is 12.1 Å². The van der Waals surface area contributed by atoms with Crippen LogP contribution in [0.1, 0.15) is 24.1 Å². The van der Waals surface area contributed by atoms with Gasteiger partial charge in [0.25, 0.3) is 0 Å². The van der Waals surface area contributed by atoms with Crippen LogP contribution >= 0.6 is 15.9 Å². The molecule has 2 rings (SSSR count). The van der Waals surface area contributed by atoms with Crippen molar-refractivity contribution in [2.75, 3.05) is 0 Å². The van der Waals surface area contributed by atoms with E-state index < -0.39 is 0 Å². The highest BCUT2D eigenvalue weighted by molar-refractivity contribution is 9.10. The van der Waals surface area contributed by atoms with Gasteiger partial charge in [-0.15, -0.1) is 0 Å². The molecule has 0 amide bonds. The average molecular weight is 308 g/mol. The smallest absolute Gasteiger partial charge is 0.137 e. The number of nitrogens with one attached hydrogen (secondary N) is 1. The Hall–Kier alpha value is -1.19. The first-order valence-electron chi connectivity index (χ1n) is 5.89. The average Bonchev–Trinajstić information content (AvgIpc) is 2.41. The van der Waals surface area contributed by atoms with E-state index in [9.17, 15) is 4.39 Å². The summed E-state index contributed by atoms with van der Waals surface area (Å²) in [7, 11) is 0. The van der Waals surface area contributed by atoms with Gasteiger partial charge < -0.3 is 5.32 Å². The number of hydrogen-bond donors (Lipinski definition) is 1. The van der Waals surface area contributed by atoms with Crippen LogP contribution in [0.25, 0.3) is 0 Å². The van der Waals surface area contributed by atoms with Crippen LogP contribution in [0.2, 0.25) is 0 Å². The molecule has 2 aromatic carbocycles. The normalized spacial score (nSPS) is 12.4.